The third-order valence-corrected chi connectivity index (χ3v) is 2.46. The maximum absolute atomic E-state index is 11.8. The molecule has 0 unspecified atom stereocenters. The molecule has 0 radical (unpaired) electrons. The number of fused-ring (bicyclic) bond motifs is 1. The highest BCUT2D eigenvalue weighted by Gasteiger charge is 2.21. The zero-order chi connectivity index (χ0) is 12.4. The monoisotopic (exact) mass is 232 g/mol. The number of para-hydroxylation sites is 1. The number of ether oxygens (including phenoxy) is 1. The van der Waals surface area contributed by atoms with E-state index in [4.69, 9.17) is 4.74 Å². The van der Waals surface area contributed by atoms with Crippen LogP contribution in [-0.4, -0.2) is 27.9 Å². The number of imidazole rings is 1. The van der Waals surface area contributed by atoms with Crippen molar-refractivity contribution in [3.05, 3.63) is 30.1 Å². The molecular weight excluding hydrogens is 220 g/mol. The number of esters is 1. The average molecular weight is 232 g/mol. The smallest absolute Gasteiger partial charge is 0.379 e. The van der Waals surface area contributed by atoms with Gasteiger partial charge in [0.15, 0.2) is 0 Å². The molecule has 0 saturated heterocycles. The second-order valence-electron chi connectivity index (χ2n) is 3.58. The van der Waals surface area contributed by atoms with Crippen LogP contribution in [0.3, 0.4) is 0 Å². The molecule has 17 heavy (non-hydrogen) atoms. The van der Waals surface area contributed by atoms with Gasteiger partial charge in [0.05, 0.1) is 29.5 Å². The van der Waals surface area contributed by atoms with Crippen LogP contribution in [0.1, 0.15) is 17.3 Å². The van der Waals surface area contributed by atoms with Crippen molar-refractivity contribution in [2.75, 3.05) is 6.61 Å². The SMILES string of the molecule is CCOC(=O)C(=O)c1cccc2c1ncn2C. The van der Waals surface area contributed by atoms with Crippen molar-refractivity contribution in [2.45, 2.75) is 6.92 Å². The fourth-order valence-corrected chi connectivity index (χ4v) is 1.65. The number of hydrogen-bond acceptors (Lipinski definition) is 4. The van der Waals surface area contributed by atoms with Gasteiger partial charge in [-0.3, -0.25) is 4.79 Å². The number of carbonyl (C=O) groups excluding carboxylic acids is 2. The summed E-state index contributed by atoms with van der Waals surface area (Å²) in [5.74, 6) is -1.50. The van der Waals surface area contributed by atoms with Gasteiger partial charge in [0.2, 0.25) is 0 Å². The van der Waals surface area contributed by atoms with Crippen molar-refractivity contribution in [3.63, 3.8) is 0 Å². The fraction of sp³-hybridized carbons (Fsp3) is 0.250. The molecule has 88 valence electrons. The number of aromatic nitrogens is 2. The van der Waals surface area contributed by atoms with Gasteiger partial charge in [-0.15, -0.1) is 0 Å². The average Bonchev–Trinajstić information content (AvgIpc) is 2.71. The van der Waals surface area contributed by atoms with E-state index < -0.39 is 11.8 Å². The van der Waals surface area contributed by atoms with Crippen LogP contribution >= 0.6 is 0 Å². The summed E-state index contributed by atoms with van der Waals surface area (Å²) in [6.45, 7) is 1.84. The predicted octanol–water partition coefficient (Wildman–Crippen LogP) is 1.32. The minimum Gasteiger partial charge on any atom is -0.460 e. The van der Waals surface area contributed by atoms with Crippen molar-refractivity contribution in [2.24, 2.45) is 7.05 Å². The first-order chi connectivity index (χ1) is 8.15. The maximum atomic E-state index is 11.8. The highest BCUT2D eigenvalue weighted by atomic mass is 16.5. The molecule has 0 aliphatic rings. The Bertz CT molecular complexity index is 586. The Hall–Kier alpha value is -2.17. The molecule has 0 aliphatic carbocycles. The Morgan fingerprint density at radius 2 is 2.18 bits per heavy atom. The second kappa shape index (κ2) is 4.37. The van der Waals surface area contributed by atoms with E-state index in [0.717, 1.165) is 5.52 Å². The van der Waals surface area contributed by atoms with Crippen LogP contribution < -0.4 is 0 Å². The van der Waals surface area contributed by atoms with E-state index in [1.165, 1.54) is 0 Å². The number of benzene rings is 1. The van der Waals surface area contributed by atoms with Crippen LogP contribution in [0, 0.1) is 0 Å². The Morgan fingerprint density at radius 1 is 1.41 bits per heavy atom. The third kappa shape index (κ3) is 1.91. The summed E-state index contributed by atoms with van der Waals surface area (Å²) in [5.41, 5.74) is 1.61. The van der Waals surface area contributed by atoms with Gasteiger partial charge in [-0.05, 0) is 19.1 Å². The zero-order valence-corrected chi connectivity index (χ0v) is 9.64. The molecule has 0 bridgehead atoms. The molecule has 1 aromatic carbocycles. The molecule has 2 rings (SSSR count). The normalized spacial score (nSPS) is 10.5. The summed E-state index contributed by atoms with van der Waals surface area (Å²) in [6.07, 6.45) is 1.60. The number of ketones is 1. The minimum absolute atomic E-state index is 0.183. The molecule has 5 heteroatoms. The highest BCUT2D eigenvalue weighted by molar-refractivity contribution is 6.42. The summed E-state index contributed by atoms with van der Waals surface area (Å²) in [6, 6.07) is 5.13. The maximum Gasteiger partial charge on any atom is 0.379 e. The van der Waals surface area contributed by atoms with Crippen LogP contribution in [0.25, 0.3) is 11.0 Å². The molecular formula is C12H12N2O3. The Balaban J connectivity index is 2.49. The lowest BCUT2D eigenvalue weighted by atomic mass is 10.1. The first kappa shape index (κ1) is 11.3. The van der Waals surface area contributed by atoms with E-state index in [1.54, 1.807) is 30.0 Å². The van der Waals surface area contributed by atoms with Gasteiger partial charge < -0.3 is 9.30 Å². The van der Waals surface area contributed by atoms with Gasteiger partial charge >= 0.3 is 5.97 Å². The van der Waals surface area contributed by atoms with Crippen molar-refractivity contribution in [1.29, 1.82) is 0 Å². The van der Waals surface area contributed by atoms with Gasteiger partial charge in [0.25, 0.3) is 5.78 Å². The van der Waals surface area contributed by atoms with E-state index in [0.29, 0.717) is 5.52 Å². The summed E-state index contributed by atoms with van der Waals surface area (Å²) < 4.78 is 6.48. The van der Waals surface area contributed by atoms with E-state index >= 15 is 0 Å². The van der Waals surface area contributed by atoms with Crippen LogP contribution in [0.4, 0.5) is 0 Å². The van der Waals surface area contributed by atoms with Gasteiger partial charge in [0.1, 0.15) is 0 Å². The van der Waals surface area contributed by atoms with Crippen molar-refractivity contribution < 1.29 is 14.3 Å². The van der Waals surface area contributed by atoms with Crippen LogP contribution in [-0.2, 0) is 16.6 Å². The van der Waals surface area contributed by atoms with Crippen LogP contribution in [0.15, 0.2) is 24.5 Å². The molecule has 0 aliphatic heterocycles. The van der Waals surface area contributed by atoms with E-state index in [-0.39, 0.29) is 12.2 Å². The Morgan fingerprint density at radius 3 is 2.88 bits per heavy atom. The van der Waals surface area contributed by atoms with Crippen molar-refractivity contribution in [1.82, 2.24) is 9.55 Å². The predicted molar refractivity (Wildman–Crippen MR) is 61.7 cm³/mol. The van der Waals surface area contributed by atoms with Gasteiger partial charge in [-0.25, -0.2) is 9.78 Å². The number of hydrogen-bond donors (Lipinski definition) is 0. The number of Topliss-reactive ketones (excluding diaryl/α,β-unsaturated/α-hetero) is 1. The first-order valence-corrected chi connectivity index (χ1v) is 5.26. The topological polar surface area (TPSA) is 61.2 Å². The fourth-order valence-electron chi connectivity index (χ4n) is 1.65. The second-order valence-corrected chi connectivity index (χ2v) is 3.58. The number of carbonyl (C=O) groups is 2. The minimum atomic E-state index is -0.842. The van der Waals surface area contributed by atoms with Gasteiger partial charge in [0, 0.05) is 7.05 Å². The Labute approximate surface area is 98.0 Å². The molecule has 0 amide bonds. The lowest BCUT2D eigenvalue weighted by Gasteiger charge is -2.02. The molecule has 0 N–H and O–H groups in total. The van der Waals surface area contributed by atoms with Crippen molar-refractivity contribution >= 4 is 22.8 Å². The quantitative estimate of drug-likeness (QED) is 0.455. The highest BCUT2D eigenvalue weighted by Crippen LogP contribution is 2.17. The van der Waals surface area contributed by atoms with E-state index in [1.807, 2.05) is 13.1 Å². The molecule has 0 spiro atoms. The molecule has 0 fully saturated rings. The van der Waals surface area contributed by atoms with E-state index in [9.17, 15) is 9.59 Å². The largest absolute Gasteiger partial charge is 0.460 e. The number of rotatable bonds is 3. The number of nitrogens with zero attached hydrogens (tertiary/aromatic N) is 2. The van der Waals surface area contributed by atoms with Crippen LogP contribution in [0.2, 0.25) is 0 Å². The number of aryl methyl sites for hydroxylation is 1. The zero-order valence-electron chi connectivity index (χ0n) is 9.64. The summed E-state index contributed by atoms with van der Waals surface area (Å²) >= 11 is 0. The molecule has 1 aromatic heterocycles. The molecule has 1 heterocycles. The lowest BCUT2D eigenvalue weighted by Crippen LogP contribution is -2.17. The lowest BCUT2D eigenvalue weighted by molar-refractivity contribution is -0.137. The molecule has 0 atom stereocenters. The molecule has 2 aromatic rings. The van der Waals surface area contributed by atoms with Gasteiger partial charge in [-0.2, -0.15) is 0 Å². The van der Waals surface area contributed by atoms with Crippen molar-refractivity contribution in [3.8, 4) is 0 Å². The Kier molecular flexibility index (Phi) is 2.91. The molecule has 5 nitrogen and oxygen atoms in total. The summed E-state index contributed by atoms with van der Waals surface area (Å²) in [5, 5.41) is 0. The van der Waals surface area contributed by atoms with Gasteiger partial charge in [-0.1, -0.05) is 6.07 Å². The molecule has 0 saturated carbocycles. The third-order valence-electron chi connectivity index (χ3n) is 2.46. The summed E-state index contributed by atoms with van der Waals surface area (Å²) in [7, 11) is 1.83. The first-order valence-electron chi connectivity index (χ1n) is 5.26. The standard InChI is InChI=1S/C12H12N2O3/c1-3-17-12(16)11(15)8-5-4-6-9-10(8)13-7-14(9)2/h4-7H,3H2,1-2H3. The van der Waals surface area contributed by atoms with Crippen LogP contribution in [0.5, 0.6) is 0 Å². The van der Waals surface area contributed by atoms with E-state index in [2.05, 4.69) is 4.98 Å². The summed E-state index contributed by atoms with van der Waals surface area (Å²) in [4.78, 5) is 27.3.